The van der Waals surface area contributed by atoms with E-state index in [0.717, 1.165) is 0 Å². The number of carbonyl (C=O) groups excluding carboxylic acids is 1. The van der Waals surface area contributed by atoms with Gasteiger partial charge in [0.25, 0.3) is 0 Å². The van der Waals surface area contributed by atoms with Gasteiger partial charge in [-0.05, 0) is 12.8 Å². The number of halogens is 3. The Bertz CT molecular complexity index is 457. The highest BCUT2D eigenvalue weighted by molar-refractivity contribution is 5.94. The molecule has 106 valence electrons. The maximum atomic E-state index is 12.9. The first-order valence-corrected chi connectivity index (χ1v) is 6.06. The van der Waals surface area contributed by atoms with Crippen molar-refractivity contribution in [2.24, 2.45) is 11.8 Å². The van der Waals surface area contributed by atoms with Crippen molar-refractivity contribution in [3.63, 3.8) is 0 Å². The monoisotopic (exact) mass is 276 g/mol. The van der Waals surface area contributed by atoms with Crippen molar-refractivity contribution < 1.29 is 18.0 Å². The Labute approximate surface area is 107 Å². The van der Waals surface area contributed by atoms with Crippen LogP contribution < -0.4 is 11.1 Å². The summed E-state index contributed by atoms with van der Waals surface area (Å²) in [6.07, 6.45) is -1.69. The second-order valence-electron chi connectivity index (χ2n) is 4.73. The van der Waals surface area contributed by atoms with Gasteiger partial charge in [-0.1, -0.05) is 12.8 Å². The molecule has 19 heavy (non-hydrogen) atoms. The van der Waals surface area contributed by atoms with E-state index in [-0.39, 0.29) is 24.3 Å². The number of rotatable bonds is 2. The summed E-state index contributed by atoms with van der Waals surface area (Å²) in [5.41, 5.74) is 5.71. The van der Waals surface area contributed by atoms with Crippen LogP contribution in [0.4, 0.5) is 24.7 Å². The zero-order chi connectivity index (χ0) is 14.0. The molecule has 0 radical (unpaired) electrons. The third kappa shape index (κ3) is 2.99. The second kappa shape index (κ2) is 5.10. The molecule has 8 heteroatoms. The molecule has 1 aliphatic carbocycles. The number of hydrogen-bond acceptors (Lipinski definition) is 3. The zero-order valence-corrected chi connectivity index (χ0v) is 10.1. The first-order valence-electron chi connectivity index (χ1n) is 6.06. The Kier molecular flexibility index (Phi) is 3.68. The standard InChI is InChI=1S/C11H15F3N4O/c12-11(13,14)7-4-2-1-3-6(7)10(19)17-9-8(15)5-16-18-9/h5-7H,1-4,15H2,(H2,16,17,18,19). The van der Waals surface area contributed by atoms with E-state index in [1.54, 1.807) is 0 Å². The molecular formula is C11H15F3N4O. The molecule has 1 aromatic heterocycles. The van der Waals surface area contributed by atoms with Crippen LogP contribution in [0.15, 0.2) is 6.20 Å². The van der Waals surface area contributed by atoms with Gasteiger partial charge in [0.05, 0.1) is 17.8 Å². The third-order valence-corrected chi connectivity index (χ3v) is 3.44. The van der Waals surface area contributed by atoms with Crippen LogP contribution in [0.3, 0.4) is 0 Å². The molecule has 0 bridgehead atoms. The average Bonchev–Trinajstić information content (AvgIpc) is 2.74. The molecule has 1 aliphatic rings. The van der Waals surface area contributed by atoms with Crippen LogP contribution in [0.5, 0.6) is 0 Å². The Hall–Kier alpha value is -1.73. The molecule has 2 rings (SSSR count). The summed E-state index contributed by atoms with van der Waals surface area (Å²) in [5.74, 6) is -3.14. The lowest BCUT2D eigenvalue weighted by molar-refractivity contribution is -0.197. The van der Waals surface area contributed by atoms with Crippen LogP contribution >= 0.6 is 0 Å². The predicted molar refractivity (Wildman–Crippen MR) is 63.1 cm³/mol. The van der Waals surface area contributed by atoms with Gasteiger partial charge < -0.3 is 11.1 Å². The number of nitrogens with two attached hydrogens (primary N) is 1. The number of carbonyl (C=O) groups is 1. The van der Waals surface area contributed by atoms with E-state index >= 15 is 0 Å². The maximum absolute atomic E-state index is 12.9. The normalized spacial score (nSPS) is 24.2. The largest absolute Gasteiger partial charge is 0.394 e. The van der Waals surface area contributed by atoms with Gasteiger partial charge in [0, 0.05) is 5.92 Å². The van der Waals surface area contributed by atoms with Gasteiger partial charge >= 0.3 is 6.18 Å². The SMILES string of the molecule is Nc1cn[nH]c1NC(=O)C1CCCCC1C(F)(F)F. The van der Waals surface area contributed by atoms with E-state index in [1.807, 2.05) is 0 Å². The first kappa shape index (κ1) is 13.7. The number of hydrogen-bond donors (Lipinski definition) is 3. The van der Waals surface area contributed by atoms with E-state index in [2.05, 4.69) is 15.5 Å². The molecule has 4 N–H and O–H groups in total. The average molecular weight is 276 g/mol. The third-order valence-electron chi connectivity index (χ3n) is 3.44. The maximum Gasteiger partial charge on any atom is 0.392 e. The van der Waals surface area contributed by atoms with Gasteiger partial charge in [-0.2, -0.15) is 18.3 Å². The van der Waals surface area contributed by atoms with E-state index in [4.69, 9.17) is 5.73 Å². The molecule has 1 saturated carbocycles. The van der Waals surface area contributed by atoms with Crippen molar-refractivity contribution in [3.05, 3.63) is 6.20 Å². The van der Waals surface area contributed by atoms with Crippen LogP contribution in [0.25, 0.3) is 0 Å². The van der Waals surface area contributed by atoms with Gasteiger partial charge in [0.2, 0.25) is 5.91 Å². The smallest absolute Gasteiger partial charge is 0.392 e. The van der Waals surface area contributed by atoms with Crippen molar-refractivity contribution in [2.75, 3.05) is 11.1 Å². The van der Waals surface area contributed by atoms with Crippen LogP contribution in [-0.4, -0.2) is 22.3 Å². The van der Waals surface area contributed by atoms with Crippen LogP contribution in [0.1, 0.15) is 25.7 Å². The molecule has 1 fully saturated rings. The number of H-pyrrole nitrogens is 1. The zero-order valence-electron chi connectivity index (χ0n) is 10.1. The lowest BCUT2D eigenvalue weighted by Gasteiger charge is -2.31. The fraction of sp³-hybridized carbons (Fsp3) is 0.636. The van der Waals surface area contributed by atoms with Gasteiger partial charge in [-0.15, -0.1) is 0 Å². The minimum atomic E-state index is -4.35. The number of nitrogens with zero attached hydrogens (tertiary/aromatic N) is 1. The number of alkyl halides is 3. The highest BCUT2D eigenvalue weighted by atomic mass is 19.4. The number of anilines is 2. The van der Waals surface area contributed by atoms with E-state index in [1.165, 1.54) is 6.20 Å². The summed E-state index contributed by atoms with van der Waals surface area (Å²) in [6.45, 7) is 0. The lowest BCUT2D eigenvalue weighted by atomic mass is 9.78. The van der Waals surface area contributed by atoms with Gasteiger partial charge in [-0.3, -0.25) is 9.89 Å². The molecule has 0 aromatic carbocycles. The number of aromatic nitrogens is 2. The van der Waals surface area contributed by atoms with Gasteiger partial charge in [-0.25, -0.2) is 0 Å². The number of nitrogen functional groups attached to an aromatic ring is 1. The van der Waals surface area contributed by atoms with Crippen LogP contribution in [0.2, 0.25) is 0 Å². The van der Waals surface area contributed by atoms with E-state index in [9.17, 15) is 18.0 Å². The lowest BCUT2D eigenvalue weighted by Crippen LogP contribution is -2.39. The molecule has 0 aliphatic heterocycles. The Morgan fingerprint density at radius 2 is 2.11 bits per heavy atom. The summed E-state index contributed by atoms with van der Waals surface area (Å²) in [6, 6.07) is 0. The van der Waals surface area contributed by atoms with Crippen LogP contribution in [0, 0.1) is 11.8 Å². The minimum Gasteiger partial charge on any atom is -0.394 e. The second-order valence-corrected chi connectivity index (χ2v) is 4.73. The molecule has 0 spiro atoms. The van der Waals surface area contributed by atoms with E-state index < -0.39 is 23.9 Å². The summed E-state index contributed by atoms with van der Waals surface area (Å²) in [7, 11) is 0. The Balaban J connectivity index is 2.10. The Morgan fingerprint density at radius 3 is 2.68 bits per heavy atom. The molecule has 1 heterocycles. The first-order chi connectivity index (χ1) is 8.89. The van der Waals surface area contributed by atoms with Gasteiger partial charge in [0.15, 0.2) is 5.82 Å². The molecular weight excluding hydrogens is 261 g/mol. The molecule has 5 nitrogen and oxygen atoms in total. The summed E-state index contributed by atoms with van der Waals surface area (Å²) in [5, 5.41) is 8.42. The summed E-state index contributed by atoms with van der Waals surface area (Å²) >= 11 is 0. The van der Waals surface area contributed by atoms with Gasteiger partial charge in [0.1, 0.15) is 0 Å². The highest BCUT2D eigenvalue weighted by Gasteiger charge is 2.48. The van der Waals surface area contributed by atoms with Crippen molar-refractivity contribution in [1.82, 2.24) is 10.2 Å². The van der Waals surface area contributed by atoms with E-state index in [0.29, 0.717) is 12.8 Å². The highest BCUT2D eigenvalue weighted by Crippen LogP contribution is 2.41. The number of amides is 1. The molecule has 1 aromatic rings. The predicted octanol–water partition coefficient (Wildman–Crippen LogP) is 2.30. The molecule has 1 amide bonds. The summed E-state index contributed by atoms with van der Waals surface area (Å²) < 4.78 is 38.7. The molecule has 2 atom stereocenters. The Morgan fingerprint density at radius 1 is 1.42 bits per heavy atom. The number of nitrogens with one attached hydrogen (secondary N) is 2. The topological polar surface area (TPSA) is 83.8 Å². The van der Waals surface area contributed by atoms with Crippen LogP contribution in [-0.2, 0) is 4.79 Å². The molecule has 0 saturated heterocycles. The fourth-order valence-corrected chi connectivity index (χ4v) is 2.45. The van der Waals surface area contributed by atoms with Crippen molar-refractivity contribution in [1.29, 1.82) is 0 Å². The number of aromatic amines is 1. The molecule has 2 unspecified atom stereocenters. The quantitative estimate of drug-likeness (QED) is 0.775. The van der Waals surface area contributed by atoms with Crippen molar-refractivity contribution in [2.45, 2.75) is 31.9 Å². The van der Waals surface area contributed by atoms with Crippen molar-refractivity contribution in [3.8, 4) is 0 Å². The minimum absolute atomic E-state index is 0.0000446. The van der Waals surface area contributed by atoms with Crippen molar-refractivity contribution >= 4 is 17.4 Å². The summed E-state index contributed by atoms with van der Waals surface area (Å²) in [4.78, 5) is 12.0. The fourth-order valence-electron chi connectivity index (χ4n) is 2.45.